The Morgan fingerprint density at radius 2 is 2.42 bits per heavy atom. The van der Waals surface area contributed by atoms with Gasteiger partial charge in [0.25, 0.3) is 0 Å². The molecule has 0 radical (unpaired) electrons. The van der Waals surface area contributed by atoms with Gasteiger partial charge in [-0.2, -0.15) is 0 Å². The maximum absolute atomic E-state index is 11.6. The van der Waals surface area contributed by atoms with Crippen molar-refractivity contribution in [3.05, 3.63) is 12.7 Å². The lowest BCUT2D eigenvalue weighted by atomic mass is 9.82. The molecule has 0 spiro atoms. The van der Waals surface area contributed by atoms with Gasteiger partial charge in [-0.05, 0) is 19.3 Å². The van der Waals surface area contributed by atoms with Crippen molar-refractivity contribution in [1.82, 2.24) is 5.32 Å². The Morgan fingerprint density at radius 1 is 1.67 bits per heavy atom. The van der Waals surface area contributed by atoms with Gasteiger partial charge in [-0.1, -0.05) is 19.4 Å². The van der Waals surface area contributed by atoms with E-state index in [1.165, 1.54) is 0 Å². The highest BCUT2D eigenvalue weighted by molar-refractivity contribution is 5.82. The molecule has 1 rings (SSSR count). The number of hydrogen-bond acceptors (Lipinski definition) is 1. The van der Waals surface area contributed by atoms with E-state index in [1.807, 2.05) is 13.0 Å². The highest BCUT2D eigenvalue weighted by Gasteiger charge is 2.32. The number of amides is 1. The molecule has 0 unspecified atom stereocenters. The molecule has 2 nitrogen and oxygen atoms in total. The van der Waals surface area contributed by atoms with E-state index in [9.17, 15) is 4.79 Å². The monoisotopic (exact) mass is 167 g/mol. The van der Waals surface area contributed by atoms with Gasteiger partial charge >= 0.3 is 0 Å². The molecular formula is C10H17NO. The molecule has 0 aromatic rings. The summed E-state index contributed by atoms with van der Waals surface area (Å²) in [5.74, 6) is 0.194. The van der Waals surface area contributed by atoms with Gasteiger partial charge in [0, 0.05) is 12.0 Å². The summed E-state index contributed by atoms with van der Waals surface area (Å²) < 4.78 is 0. The van der Waals surface area contributed by atoms with Gasteiger partial charge in [0.15, 0.2) is 0 Å². The zero-order valence-electron chi connectivity index (χ0n) is 7.73. The number of nitrogens with one attached hydrogen (secondary N) is 1. The van der Waals surface area contributed by atoms with Gasteiger partial charge in [0.05, 0.1) is 0 Å². The molecule has 1 aliphatic heterocycles. The third-order valence-corrected chi connectivity index (χ3v) is 2.58. The van der Waals surface area contributed by atoms with Crippen LogP contribution in [0.15, 0.2) is 12.7 Å². The van der Waals surface area contributed by atoms with Gasteiger partial charge in [0.2, 0.25) is 5.91 Å². The maximum atomic E-state index is 11.6. The number of carbonyl (C=O) groups is 1. The van der Waals surface area contributed by atoms with Crippen LogP contribution in [0.4, 0.5) is 0 Å². The molecule has 68 valence electrons. The Morgan fingerprint density at radius 3 is 3.08 bits per heavy atom. The fraction of sp³-hybridized carbons (Fsp3) is 0.700. The summed E-state index contributed by atoms with van der Waals surface area (Å²) in [6.45, 7) is 6.55. The van der Waals surface area contributed by atoms with Crippen molar-refractivity contribution in [2.45, 2.75) is 32.6 Å². The number of hydrogen-bond donors (Lipinski definition) is 1. The van der Waals surface area contributed by atoms with E-state index in [0.717, 1.165) is 32.2 Å². The molecular weight excluding hydrogens is 150 g/mol. The fourth-order valence-corrected chi connectivity index (χ4v) is 1.68. The van der Waals surface area contributed by atoms with Crippen LogP contribution in [0.2, 0.25) is 0 Å². The van der Waals surface area contributed by atoms with E-state index in [4.69, 9.17) is 0 Å². The first-order valence-corrected chi connectivity index (χ1v) is 4.58. The molecule has 1 atom stereocenters. The smallest absolute Gasteiger partial charge is 0.226 e. The second kappa shape index (κ2) is 3.74. The van der Waals surface area contributed by atoms with Crippen molar-refractivity contribution in [3.8, 4) is 0 Å². The molecule has 1 aliphatic rings. The quantitative estimate of drug-likeness (QED) is 0.625. The molecule has 1 amide bonds. The Balaban J connectivity index is 2.68. The lowest BCUT2D eigenvalue weighted by Crippen LogP contribution is -2.36. The molecule has 12 heavy (non-hydrogen) atoms. The first-order chi connectivity index (χ1) is 5.69. The van der Waals surface area contributed by atoms with E-state index in [2.05, 4.69) is 11.9 Å². The van der Waals surface area contributed by atoms with Crippen LogP contribution >= 0.6 is 0 Å². The summed E-state index contributed by atoms with van der Waals surface area (Å²) in [5, 5.41) is 2.93. The lowest BCUT2D eigenvalue weighted by molar-refractivity contribution is -0.129. The topological polar surface area (TPSA) is 29.1 Å². The van der Waals surface area contributed by atoms with Gasteiger partial charge in [-0.25, -0.2) is 0 Å². The average molecular weight is 167 g/mol. The van der Waals surface area contributed by atoms with Crippen LogP contribution in [0.25, 0.3) is 0 Å². The molecule has 0 bridgehead atoms. The van der Waals surface area contributed by atoms with Crippen molar-refractivity contribution in [1.29, 1.82) is 0 Å². The van der Waals surface area contributed by atoms with Crippen LogP contribution in [0.3, 0.4) is 0 Å². The van der Waals surface area contributed by atoms with Gasteiger partial charge in [-0.3, -0.25) is 4.79 Å². The summed E-state index contributed by atoms with van der Waals surface area (Å²) in [5.41, 5.74) is -0.196. The minimum absolute atomic E-state index is 0.194. The summed E-state index contributed by atoms with van der Waals surface area (Å²) in [4.78, 5) is 11.6. The Hall–Kier alpha value is -0.790. The summed E-state index contributed by atoms with van der Waals surface area (Å²) >= 11 is 0. The molecule has 2 heteroatoms. The predicted molar refractivity (Wildman–Crippen MR) is 49.8 cm³/mol. The van der Waals surface area contributed by atoms with E-state index in [0.29, 0.717) is 0 Å². The average Bonchev–Trinajstić information content (AvgIpc) is 2.17. The second-order valence-electron chi connectivity index (χ2n) is 3.77. The summed E-state index contributed by atoms with van der Waals surface area (Å²) in [6.07, 6.45) is 5.87. The lowest BCUT2D eigenvalue weighted by Gasteiger charge is -2.24. The van der Waals surface area contributed by atoms with Crippen molar-refractivity contribution < 1.29 is 4.79 Å². The SMILES string of the molecule is C=CC[C@]1(C)CCCCNC1=O. The van der Waals surface area contributed by atoms with E-state index < -0.39 is 0 Å². The fourth-order valence-electron chi connectivity index (χ4n) is 1.68. The van der Waals surface area contributed by atoms with Crippen LogP contribution < -0.4 is 5.32 Å². The third kappa shape index (κ3) is 1.87. The predicted octanol–water partition coefficient (Wildman–Crippen LogP) is 1.87. The molecule has 1 saturated heterocycles. The van der Waals surface area contributed by atoms with E-state index in [-0.39, 0.29) is 11.3 Å². The first-order valence-electron chi connectivity index (χ1n) is 4.58. The van der Waals surface area contributed by atoms with Crippen molar-refractivity contribution in [2.24, 2.45) is 5.41 Å². The molecule has 1 fully saturated rings. The van der Waals surface area contributed by atoms with Gasteiger partial charge < -0.3 is 5.32 Å². The third-order valence-electron chi connectivity index (χ3n) is 2.58. The molecule has 0 aromatic heterocycles. The van der Waals surface area contributed by atoms with Gasteiger partial charge in [-0.15, -0.1) is 6.58 Å². The Kier molecular flexibility index (Phi) is 2.90. The van der Waals surface area contributed by atoms with Crippen LogP contribution in [0.5, 0.6) is 0 Å². The first kappa shape index (κ1) is 9.30. The van der Waals surface area contributed by atoms with Gasteiger partial charge in [0.1, 0.15) is 0 Å². The molecule has 1 N–H and O–H groups in total. The standard InChI is InChI=1S/C10H17NO/c1-3-6-10(2)7-4-5-8-11-9(10)12/h3H,1,4-8H2,2H3,(H,11,12)/t10-/m1/s1. The van der Waals surface area contributed by atoms with E-state index >= 15 is 0 Å². The van der Waals surface area contributed by atoms with Crippen LogP contribution in [-0.4, -0.2) is 12.5 Å². The minimum atomic E-state index is -0.196. The molecule has 0 aromatic carbocycles. The van der Waals surface area contributed by atoms with Crippen molar-refractivity contribution in [3.63, 3.8) is 0 Å². The summed E-state index contributed by atoms with van der Waals surface area (Å²) in [6, 6.07) is 0. The second-order valence-corrected chi connectivity index (χ2v) is 3.77. The largest absolute Gasteiger partial charge is 0.356 e. The highest BCUT2D eigenvalue weighted by atomic mass is 16.2. The van der Waals surface area contributed by atoms with Crippen LogP contribution in [-0.2, 0) is 4.79 Å². The molecule has 0 saturated carbocycles. The van der Waals surface area contributed by atoms with Crippen molar-refractivity contribution >= 4 is 5.91 Å². The minimum Gasteiger partial charge on any atom is -0.356 e. The molecule has 0 aliphatic carbocycles. The number of carbonyl (C=O) groups excluding carboxylic acids is 1. The Labute approximate surface area is 74.0 Å². The van der Waals surface area contributed by atoms with Crippen molar-refractivity contribution in [2.75, 3.05) is 6.54 Å². The highest BCUT2D eigenvalue weighted by Crippen LogP contribution is 2.30. The number of rotatable bonds is 2. The zero-order chi connectivity index (χ0) is 9.03. The zero-order valence-corrected chi connectivity index (χ0v) is 7.73. The molecule has 1 heterocycles. The van der Waals surface area contributed by atoms with Crippen LogP contribution in [0, 0.1) is 5.41 Å². The maximum Gasteiger partial charge on any atom is 0.226 e. The summed E-state index contributed by atoms with van der Waals surface area (Å²) in [7, 11) is 0. The Bertz CT molecular complexity index is 188. The number of allylic oxidation sites excluding steroid dienone is 1. The van der Waals surface area contributed by atoms with E-state index in [1.54, 1.807) is 0 Å². The van der Waals surface area contributed by atoms with Crippen LogP contribution in [0.1, 0.15) is 32.6 Å². The normalized spacial score (nSPS) is 30.6.